The summed E-state index contributed by atoms with van der Waals surface area (Å²) in [4.78, 5) is 4.18. The third-order valence-electron chi connectivity index (χ3n) is 1.66. The van der Waals surface area contributed by atoms with Gasteiger partial charge in [0.1, 0.15) is 5.01 Å². The van der Waals surface area contributed by atoms with E-state index < -0.39 is 0 Å². The highest BCUT2D eigenvalue weighted by atomic mass is 32.1. The number of aromatic nitrogens is 1. The molecule has 2 aromatic rings. The average Bonchev–Trinajstić information content (AvgIpc) is 2.53. The Morgan fingerprint density at radius 2 is 1.77 bits per heavy atom. The van der Waals surface area contributed by atoms with Crippen LogP contribution in [0.4, 0.5) is 11.4 Å². The Bertz CT molecular complexity index is 389. The van der Waals surface area contributed by atoms with Crippen LogP contribution < -0.4 is 11.5 Å². The Balaban J connectivity index is 2.53. The Labute approximate surface area is 80.0 Å². The summed E-state index contributed by atoms with van der Waals surface area (Å²) in [5.41, 5.74) is 13.6. The summed E-state index contributed by atoms with van der Waals surface area (Å²) in [7, 11) is 0. The van der Waals surface area contributed by atoms with Gasteiger partial charge in [0.25, 0.3) is 0 Å². The molecule has 0 aliphatic carbocycles. The van der Waals surface area contributed by atoms with Crippen LogP contribution in [0, 0.1) is 0 Å². The van der Waals surface area contributed by atoms with Crippen LogP contribution in [0.25, 0.3) is 10.6 Å². The SMILES string of the molecule is Nc1cc(N)cc(-c2nccs2)c1. The minimum atomic E-state index is 0.671. The van der Waals surface area contributed by atoms with Gasteiger partial charge in [-0.2, -0.15) is 0 Å². The normalized spacial score (nSPS) is 10.2. The summed E-state index contributed by atoms with van der Waals surface area (Å²) < 4.78 is 0. The van der Waals surface area contributed by atoms with Gasteiger partial charge in [0, 0.05) is 28.5 Å². The lowest BCUT2D eigenvalue weighted by Crippen LogP contribution is -1.90. The second kappa shape index (κ2) is 3.06. The van der Waals surface area contributed by atoms with Crippen LogP contribution in [0.5, 0.6) is 0 Å². The second-order valence-corrected chi connectivity index (χ2v) is 3.62. The van der Waals surface area contributed by atoms with Crippen molar-refractivity contribution in [3.63, 3.8) is 0 Å². The van der Waals surface area contributed by atoms with E-state index in [2.05, 4.69) is 4.98 Å². The van der Waals surface area contributed by atoms with Crippen LogP contribution in [0.15, 0.2) is 29.8 Å². The van der Waals surface area contributed by atoms with Gasteiger partial charge in [-0.3, -0.25) is 0 Å². The molecular formula is C9H9N3S. The van der Waals surface area contributed by atoms with Crippen LogP contribution in [0.1, 0.15) is 0 Å². The van der Waals surface area contributed by atoms with E-state index in [1.165, 1.54) is 0 Å². The number of hydrogen-bond acceptors (Lipinski definition) is 4. The smallest absolute Gasteiger partial charge is 0.123 e. The molecule has 0 spiro atoms. The maximum absolute atomic E-state index is 5.66. The Kier molecular flexibility index (Phi) is 1.90. The van der Waals surface area contributed by atoms with Crippen LogP contribution in [0.3, 0.4) is 0 Å². The van der Waals surface area contributed by atoms with Crippen molar-refractivity contribution in [1.82, 2.24) is 4.98 Å². The minimum Gasteiger partial charge on any atom is -0.399 e. The van der Waals surface area contributed by atoms with Gasteiger partial charge in [0.2, 0.25) is 0 Å². The highest BCUT2D eigenvalue weighted by Crippen LogP contribution is 2.25. The van der Waals surface area contributed by atoms with E-state index in [1.807, 2.05) is 17.5 Å². The van der Waals surface area contributed by atoms with Crippen molar-refractivity contribution >= 4 is 22.7 Å². The fraction of sp³-hybridized carbons (Fsp3) is 0. The first-order chi connectivity index (χ1) is 6.25. The van der Waals surface area contributed by atoms with Crippen molar-refractivity contribution in [1.29, 1.82) is 0 Å². The molecule has 1 aromatic carbocycles. The third-order valence-corrected chi connectivity index (χ3v) is 2.48. The fourth-order valence-electron chi connectivity index (χ4n) is 1.17. The molecular weight excluding hydrogens is 182 g/mol. The summed E-state index contributed by atoms with van der Waals surface area (Å²) in [6.07, 6.45) is 1.76. The number of nitrogen functional groups attached to an aromatic ring is 2. The van der Waals surface area contributed by atoms with E-state index in [-0.39, 0.29) is 0 Å². The summed E-state index contributed by atoms with van der Waals surface area (Å²) >= 11 is 1.57. The first-order valence-electron chi connectivity index (χ1n) is 3.81. The molecule has 0 amide bonds. The van der Waals surface area contributed by atoms with Gasteiger partial charge in [-0.25, -0.2) is 4.98 Å². The number of hydrogen-bond donors (Lipinski definition) is 2. The van der Waals surface area contributed by atoms with Gasteiger partial charge in [0.15, 0.2) is 0 Å². The zero-order valence-corrected chi connectivity index (χ0v) is 7.71. The quantitative estimate of drug-likeness (QED) is 0.677. The maximum atomic E-state index is 5.66. The largest absolute Gasteiger partial charge is 0.399 e. The molecule has 0 saturated heterocycles. The number of anilines is 2. The lowest BCUT2D eigenvalue weighted by atomic mass is 10.2. The van der Waals surface area contributed by atoms with Crippen molar-refractivity contribution in [3.05, 3.63) is 29.8 Å². The maximum Gasteiger partial charge on any atom is 0.123 e. The van der Waals surface area contributed by atoms with Crippen LogP contribution in [-0.4, -0.2) is 4.98 Å². The Morgan fingerprint density at radius 3 is 2.31 bits per heavy atom. The molecule has 0 aliphatic rings. The molecule has 1 aromatic heterocycles. The van der Waals surface area contributed by atoms with Gasteiger partial charge < -0.3 is 11.5 Å². The van der Waals surface area contributed by atoms with Gasteiger partial charge in [-0.15, -0.1) is 11.3 Å². The molecule has 3 nitrogen and oxygen atoms in total. The molecule has 2 rings (SSSR count). The fourth-order valence-corrected chi connectivity index (χ4v) is 1.79. The van der Waals surface area contributed by atoms with E-state index in [0.717, 1.165) is 10.6 Å². The topological polar surface area (TPSA) is 64.9 Å². The predicted octanol–water partition coefficient (Wildman–Crippen LogP) is 1.97. The highest BCUT2D eigenvalue weighted by Gasteiger charge is 2.01. The van der Waals surface area contributed by atoms with E-state index in [0.29, 0.717) is 11.4 Å². The molecule has 0 unspecified atom stereocenters. The molecule has 4 N–H and O–H groups in total. The predicted molar refractivity (Wildman–Crippen MR) is 56.4 cm³/mol. The minimum absolute atomic E-state index is 0.671. The van der Waals surface area contributed by atoms with Crippen molar-refractivity contribution < 1.29 is 0 Å². The molecule has 0 atom stereocenters. The summed E-state index contributed by atoms with van der Waals surface area (Å²) in [6, 6.07) is 5.47. The number of nitrogens with zero attached hydrogens (tertiary/aromatic N) is 1. The standard InChI is InChI=1S/C9H9N3S/c10-7-3-6(4-8(11)5-7)9-12-1-2-13-9/h1-5H,10-11H2. The lowest BCUT2D eigenvalue weighted by Gasteiger charge is -2.00. The number of benzene rings is 1. The molecule has 0 saturated carbocycles. The van der Waals surface area contributed by atoms with E-state index in [9.17, 15) is 0 Å². The highest BCUT2D eigenvalue weighted by molar-refractivity contribution is 7.13. The molecule has 1 heterocycles. The number of thiazole rings is 1. The molecule has 0 bridgehead atoms. The van der Waals surface area contributed by atoms with E-state index in [4.69, 9.17) is 11.5 Å². The van der Waals surface area contributed by atoms with E-state index >= 15 is 0 Å². The zero-order valence-electron chi connectivity index (χ0n) is 6.90. The van der Waals surface area contributed by atoms with Crippen molar-refractivity contribution in [2.75, 3.05) is 11.5 Å². The van der Waals surface area contributed by atoms with Crippen molar-refractivity contribution in [3.8, 4) is 10.6 Å². The summed E-state index contributed by atoms with van der Waals surface area (Å²) in [5.74, 6) is 0. The number of rotatable bonds is 1. The van der Waals surface area contributed by atoms with Crippen LogP contribution >= 0.6 is 11.3 Å². The van der Waals surface area contributed by atoms with Gasteiger partial charge in [0.05, 0.1) is 0 Å². The molecule has 0 radical (unpaired) electrons. The molecule has 0 aliphatic heterocycles. The van der Waals surface area contributed by atoms with E-state index in [1.54, 1.807) is 23.6 Å². The van der Waals surface area contributed by atoms with Gasteiger partial charge >= 0.3 is 0 Å². The monoisotopic (exact) mass is 191 g/mol. The van der Waals surface area contributed by atoms with Gasteiger partial charge in [-0.05, 0) is 18.2 Å². The summed E-state index contributed by atoms with van der Waals surface area (Å²) in [5, 5.41) is 2.87. The average molecular weight is 191 g/mol. The lowest BCUT2D eigenvalue weighted by molar-refractivity contribution is 1.41. The second-order valence-electron chi connectivity index (χ2n) is 2.73. The Morgan fingerprint density at radius 1 is 1.08 bits per heavy atom. The first kappa shape index (κ1) is 8.07. The molecule has 66 valence electrons. The van der Waals surface area contributed by atoms with Gasteiger partial charge in [-0.1, -0.05) is 0 Å². The third kappa shape index (κ3) is 1.62. The first-order valence-corrected chi connectivity index (χ1v) is 4.69. The van der Waals surface area contributed by atoms with Crippen molar-refractivity contribution in [2.45, 2.75) is 0 Å². The van der Waals surface area contributed by atoms with Crippen molar-refractivity contribution in [2.24, 2.45) is 0 Å². The zero-order chi connectivity index (χ0) is 9.26. The molecule has 13 heavy (non-hydrogen) atoms. The molecule has 4 heteroatoms. The van der Waals surface area contributed by atoms with Crippen LogP contribution in [0.2, 0.25) is 0 Å². The summed E-state index contributed by atoms with van der Waals surface area (Å²) in [6.45, 7) is 0. The van der Waals surface area contributed by atoms with Crippen LogP contribution in [-0.2, 0) is 0 Å². The Hall–Kier alpha value is -1.55. The molecule has 0 fully saturated rings. The number of nitrogens with two attached hydrogens (primary N) is 2.